The Balaban J connectivity index is 2.17. The maximum atomic E-state index is 11.2. The second kappa shape index (κ2) is 4.44. The zero-order chi connectivity index (χ0) is 14.3. The van der Waals surface area contributed by atoms with E-state index in [-0.39, 0.29) is 23.2 Å². The van der Waals surface area contributed by atoms with Gasteiger partial charge in [-0.05, 0) is 11.6 Å². The Bertz CT molecular complexity index is 688. The van der Waals surface area contributed by atoms with Gasteiger partial charge in [0.25, 0.3) is 0 Å². The minimum atomic E-state index is -0.531. The van der Waals surface area contributed by atoms with Crippen molar-refractivity contribution < 1.29 is 4.92 Å². The zero-order valence-corrected chi connectivity index (χ0v) is 10.9. The average Bonchev–Trinajstić information content (AvgIpc) is 2.76. The van der Waals surface area contributed by atoms with Crippen LogP contribution in [-0.2, 0) is 0 Å². The number of fused-ring (bicyclic) bond motifs is 1. The smallest absolute Gasteiger partial charge is 0.353 e. The van der Waals surface area contributed by atoms with E-state index in [0.717, 1.165) is 11.3 Å². The third kappa shape index (κ3) is 1.75. The third-order valence-corrected chi connectivity index (χ3v) is 3.48. The van der Waals surface area contributed by atoms with Gasteiger partial charge in [0.05, 0.1) is 4.92 Å². The molecule has 0 saturated carbocycles. The highest BCUT2D eigenvalue weighted by Crippen LogP contribution is 2.43. The Morgan fingerprint density at radius 1 is 1.40 bits per heavy atom. The summed E-state index contributed by atoms with van der Waals surface area (Å²) in [5, 5.41) is 11.2. The fourth-order valence-corrected chi connectivity index (χ4v) is 2.58. The van der Waals surface area contributed by atoms with Crippen molar-refractivity contribution in [3.8, 4) is 0 Å². The summed E-state index contributed by atoms with van der Waals surface area (Å²) in [7, 11) is 0. The first-order chi connectivity index (χ1) is 9.59. The molecule has 0 bridgehead atoms. The van der Waals surface area contributed by atoms with Crippen LogP contribution in [0.1, 0.15) is 18.4 Å². The fourth-order valence-electron chi connectivity index (χ4n) is 2.58. The van der Waals surface area contributed by atoms with Crippen LogP contribution in [0, 0.1) is 10.1 Å². The van der Waals surface area contributed by atoms with Crippen LogP contribution in [-0.4, -0.2) is 21.4 Å². The lowest BCUT2D eigenvalue weighted by molar-refractivity contribution is -0.383. The van der Waals surface area contributed by atoms with Crippen LogP contribution in [0.25, 0.3) is 0 Å². The van der Waals surface area contributed by atoms with Gasteiger partial charge in [-0.3, -0.25) is 10.1 Å². The molecule has 2 heterocycles. The summed E-state index contributed by atoms with van der Waals surface area (Å²) < 4.78 is 0. The highest BCUT2D eigenvalue weighted by Gasteiger charge is 2.33. The van der Waals surface area contributed by atoms with Gasteiger partial charge in [0.1, 0.15) is 6.33 Å². The minimum absolute atomic E-state index is 0.114. The Morgan fingerprint density at radius 2 is 2.15 bits per heavy atom. The molecular formula is C13H13N5O2. The van der Waals surface area contributed by atoms with Gasteiger partial charge in [0.2, 0.25) is 11.6 Å². The second-order valence-electron chi connectivity index (χ2n) is 4.76. The van der Waals surface area contributed by atoms with E-state index < -0.39 is 4.92 Å². The number of anilines is 3. The van der Waals surface area contributed by atoms with E-state index in [9.17, 15) is 10.1 Å². The molecular weight excluding hydrogens is 258 g/mol. The van der Waals surface area contributed by atoms with Crippen LogP contribution in [0.2, 0.25) is 0 Å². The molecule has 20 heavy (non-hydrogen) atoms. The van der Waals surface area contributed by atoms with Gasteiger partial charge in [0, 0.05) is 18.2 Å². The Hall–Kier alpha value is -2.70. The molecule has 0 amide bonds. The summed E-state index contributed by atoms with van der Waals surface area (Å²) >= 11 is 0. The summed E-state index contributed by atoms with van der Waals surface area (Å²) in [4.78, 5) is 20.3. The first-order valence-corrected chi connectivity index (χ1v) is 6.21. The van der Waals surface area contributed by atoms with Crippen molar-refractivity contribution in [2.45, 2.75) is 12.8 Å². The molecule has 7 nitrogen and oxygen atoms in total. The zero-order valence-electron chi connectivity index (χ0n) is 10.9. The highest BCUT2D eigenvalue weighted by molar-refractivity contribution is 5.78. The van der Waals surface area contributed by atoms with Gasteiger partial charge >= 0.3 is 5.69 Å². The number of nitrogens with zero attached hydrogens (tertiary/aromatic N) is 4. The monoisotopic (exact) mass is 271 g/mol. The molecule has 2 aromatic rings. The van der Waals surface area contributed by atoms with E-state index in [2.05, 4.69) is 16.9 Å². The Morgan fingerprint density at radius 3 is 2.90 bits per heavy atom. The van der Waals surface area contributed by atoms with E-state index in [1.54, 1.807) is 0 Å². The Kier molecular flexibility index (Phi) is 2.74. The summed E-state index contributed by atoms with van der Waals surface area (Å²) in [6.07, 6.45) is 1.25. The number of nitrogen functional groups attached to an aromatic ring is 1. The number of para-hydroxylation sites is 1. The lowest BCUT2D eigenvalue weighted by atomic mass is 10.0. The molecule has 0 aliphatic carbocycles. The summed E-state index contributed by atoms with van der Waals surface area (Å²) in [6.45, 7) is 2.71. The van der Waals surface area contributed by atoms with E-state index in [0.29, 0.717) is 6.54 Å². The number of rotatable bonds is 2. The molecule has 102 valence electrons. The maximum absolute atomic E-state index is 11.2. The number of hydrogen-bond donors (Lipinski definition) is 1. The van der Waals surface area contributed by atoms with Crippen LogP contribution in [0.15, 0.2) is 30.6 Å². The molecule has 1 aromatic carbocycles. The average molecular weight is 271 g/mol. The largest absolute Gasteiger partial charge is 0.378 e. The SMILES string of the molecule is C[C@@H]1CN(c2ncnc(N)c2[N+](=O)[O-])c2ccccc21. The summed E-state index contributed by atoms with van der Waals surface area (Å²) in [5.74, 6) is 0.415. The van der Waals surface area contributed by atoms with Crippen LogP contribution in [0.5, 0.6) is 0 Å². The molecule has 0 saturated heterocycles. The molecule has 0 radical (unpaired) electrons. The maximum Gasteiger partial charge on any atom is 0.353 e. The molecule has 1 aliphatic heterocycles. The standard InChI is InChI=1S/C13H13N5O2/c1-8-6-17(10-5-3-2-4-9(8)10)13-11(18(19)20)12(14)15-7-16-13/h2-5,7-8H,6H2,1H3,(H2,14,15,16)/t8-/m1/s1. The second-order valence-corrected chi connectivity index (χ2v) is 4.76. The molecule has 0 spiro atoms. The number of benzene rings is 1. The Labute approximate surface area is 115 Å². The molecule has 1 aliphatic rings. The molecule has 7 heteroatoms. The van der Waals surface area contributed by atoms with Crippen molar-refractivity contribution in [3.63, 3.8) is 0 Å². The highest BCUT2D eigenvalue weighted by atomic mass is 16.6. The lowest BCUT2D eigenvalue weighted by Gasteiger charge is -2.18. The van der Waals surface area contributed by atoms with Crippen molar-refractivity contribution in [3.05, 3.63) is 46.3 Å². The van der Waals surface area contributed by atoms with Gasteiger partial charge in [0.15, 0.2) is 0 Å². The predicted molar refractivity (Wildman–Crippen MR) is 75.0 cm³/mol. The van der Waals surface area contributed by atoms with Crippen LogP contribution in [0.4, 0.5) is 23.0 Å². The van der Waals surface area contributed by atoms with Gasteiger partial charge in [-0.2, -0.15) is 0 Å². The van der Waals surface area contributed by atoms with Gasteiger partial charge in [-0.25, -0.2) is 9.97 Å². The predicted octanol–water partition coefficient (Wildman–Crippen LogP) is 2.22. The van der Waals surface area contributed by atoms with Crippen LogP contribution < -0.4 is 10.6 Å². The van der Waals surface area contributed by atoms with Crippen molar-refractivity contribution >= 4 is 23.0 Å². The molecule has 1 atom stereocenters. The van der Waals surface area contributed by atoms with Crippen molar-refractivity contribution in [2.75, 3.05) is 17.2 Å². The van der Waals surface area contributed by atoms with Crippen molar-refractivity contribution in [1.82, 2.24) is 9.97 Å². The number of hydrogen-bond acceptors (Lipinski definition) is 6. The van der Waals surface area contributed by atoms with Crippen LogP contribution in [0.3, 0.4) is 0 Å². The molecule has 2 N–H and O–H groups in total. The van der Waals surface area contributed by atoms with E-state index >= 15 is 0 Å². The molecule has 0 fully saturated rings. The van der Waals surface area contributed by atoms with E-state index in [1.807, 2.05) is 29.2 Å². The number of nitrogens with two attached hydrogens (primary N) is 1. The van der Waals surface area contributed by atoms with E-state index in [1.165, 1.54) is 6.33 Å². The first-order valence-electron chi connectivity index (χ1n) is 6.21. The fraction of sp³-hybridized carbons (Fsp3) is 0.231. The first kappa shape index (κ1) is 12.3. The van der Waals surface area contributed by atoms with Crippen molar-refractivity contribution in [2.24, 2.45) is 0 Å². The minimum Gasteiger partial charge on any atom is -0.378 e. The van der Waals surface area contributed by atoms with Gasteiger partial charge in [-0.15, -0.1) is 0 Å². The molecule has 1 aromatic heterocycles. The van der Waals surface area contributed by atoms with Gasteiger partial charge < -0.3 is 10.6 Å². The third-order valence-electron chi connectivity index (χ3n) is 3.48. The summed E-state index contributed by atoms with van der Waals surface area (Å²) in [6, 6.07) is 7.82. The van der Waals surface area contributed by atoms with E-state index in [4.69, 9.17) is 5.73 Å². The molecule has 3 rings (SSSR count). The quantitative estimate of drug-likeness (QED) is 0.664. The normalized spacial score (nSPS) is 17.1. The number of nitro groups is 1. The van der Waals surface area contributed by atoms with Crippen LogP contribution >= 0.6 is 0 Å². The topological polar surface area (TPSA) is 98.2 Å². The summed E-state index contributed by atoms with van der Waals surface area (Å²) in [5.41, 5.74) is 7.47. The number of aromatic nitrogens is 2. The lowest BCUT2D eigenvalue weighted by Crippen LogP contribution is -2.18. The molecule has 0 unspecified atom stereocenters. The van der Waals surface area contributed by atoms with Gasteiger partial charge in [-0.1, -0.05) is 25.1 Å². The van der Waals surface area contributed by atoms with Crippen molar-refractivity contribution in [1.29, 1.82) is 0 Å².